The highest BCUT2D eigenvalue weighted by Crippen LogP contribution is 2.19. The van der Waals surface area contributed by atoms with Crippen LogP contribution < -0.4 is 9.47 Å². The Balaban J connectivity index is 1.53. The molecule has 0 radical (unpaired) electrons. The first-order chi connectivity index (χ1) is 17.8. The van der Waals surface area contributed by atoms with Gasteiger partial charge in [-0.05, 0) is 53.9 Å². The second-order valence-corrected chi connectivity index (χ2v) is 7.98. The highest BCUT2D eigenvalue weighted by atomic mass is 19.1. The number of halogens is 1. The molecule has 0 saturated carbocycles. The van der Waals surface area contributed by atoms with Gasteiger partial charge in [-0.15, -0.1) is 0 Å². The lowest BCUT2D eigenvalue weighted by Gasteiger charge is -2.07. The van der Waals surface area contributed by atoms with Crippen LogP contribution in [0, 0.1) is 5.82 Å². The van der Waals surface area contributed by atoms with Crippen LogP contribution in [0.25, 0.3) is 24.3 Å². The summed E-state index contributed by atoms with van der Waals surface area (Å²) in [6, 6.07) is 19.2. The fraction of sp³-hybridized carbons (Fsp3) is 0.0968. The SMILES string of the molecule is C=CC(=O)Oc1ccc(C=Cc2ccc(C=Cc3ccc(OCCOC(=O)C(=C)C)cc3)c(F)c2)cc1. The van der Waals surface area contributed by atoms with Crippen LogP contribution in [0.3, 0.4) is 0 Å². The third-order valence-electron chi connectivity index (χ3n) is 5.03. The van der Waals surface area contributed by atoms with Gasteiger partial charge < -0.3 is 14.2 Å². The van der Waals surface area contributed by atoms with Gasteiger partial charge in [-0.2, -0.15) is 0 Å². The van der Waals surface area contributed by atoms with Crippen LogP contribution in [0.1, 0.15) is 29.2 Å². The molecule has 0 heterocycles. The van der Waals surface area contributed by atoms with Crippen molar-refractivity contribution < 1.29 is 28.2 Å². The Hall–Kier alpha value is -4.71. The minimum absolute atomic E-state index is 0.136. The van der Waals surface area contributed by atoms with E-state index in [1.807, 2.05) is 30.4 Å². The lowest BCUT2D eigenvalue weighted by atomic mass is 10.1. The largest absolute Gasteiger partial charge is 0.490 e. The smallest absolute Gasteiger partial charge is 0.335 e. The van der Waals surface area contributed by atoms with Crippen LogP contribution in [-0.4, -0.2) is 25.2 Å². The third kappa shape index (κ3) is 8.78. The Morgan fingerprint density at radius 1 is 0.811 bits per heavy atom. The molecule has 3 aromatic carbocycles. The minimum Gasteiger partial charge on any atom is -0.490 e. The molecule has 6 heteroatoms. The Morgan fingerprint density at radius 3 is 1.97 bits per heavy atom. The van der Waals surface area contributed by atoms with E-state index in [2.05, 4.69) is 13.2 Å². The van der Waals surface area contributed by atoms with Crippen LogP contribution in [0.2, 0.25) is 0 Å². The van der Waals surface area contributed by atoms with Crippen LogP contribution in [0.15, 0.2) is 91.5 Å². The maximum absolute atomic E-state index is 14.6. The number of ether oxygens (including phenoxy) is 3. The van der Waals surface area contributed by atoms with E-state index in [9.17, 15) is 14.0 Å². The predicted octanol–water partition coefficient (Wildman–Crippen LogP) is 6.76. The van der Waals surface area contributed by atoms with Crippen molar-refractivity contribution in [3.05, 3.63) is 120 Å². The molecule has 0 bridgehead atoms. The van der Waals surface area contributed by atoms with Gasteiger partial charge in [0.15, 0.2) is 0 Å². The quantitative estimate of drug-likeness (QED) is 0.0961. The molecule has 0 aliphatic heterocycles. The fourth-order valence-electron chi connectivity index (χ4n) is 3.06. The lowest BCUT2D eigenvalue weighted by molar-refractivity contribution is -0.139. The van der Waals surface area contributed by atoms with Gasteiger partial charge >= 0.3 is 11.9 Å². The van der Waals surface area contributed by atoms with Crippen molar-refractivity contribution in [1.82, 2.24) is 0 Å². The maximum atomic E-state index is 14.6. The summed E-state index contributed by atoms with van der Waals surface area (Å²) in [6.45, 7) is 8.84. The summed E-state index contributed by atoms with van der Waals surface area (Å²) >= 11 is 0. The molecule has 188 valence electrons. The van der Waals surface area contributed by atoms with E-state index in [0.29, 0.717) is 28.2 Å². The molecule has 3 rings (SSSR count). The van der Waals surface area contributed by atoms with Crippen LogP contribution in [0.5, 0.6) is 11.5 Å². The highest BCUT2D eigenvalue weighted by molar-refractivity contribution is 5.87. The zero-order chi connectivity index (χ0) is 26.6. The molecule has 0 atom stereocenters. The average molecular weight is 499 g/mol. The first kappa shape index (κ1) is 26.9. The monoisotopic (exact) mass is 498 g/mol. The molecule has 0 unspecified atom stereocenters. The van der Waals surface area contributed by atoms with Crippen molar-refractivity contribution >= 4 is 36.2 Å². The van der Waals surface area contributed by atoms with Gasteiger partial charge in [0, 0.05) is 17.2 Å². The van der Waals surface area contributed by atoms with Gasteiger partial charge in [0.05, 0.1) is 0 Å². The Kier molecular flexibility index (Phi) is 9.74. The van der Waals surface area contributed by atoms with Crippen LogP contribution >= 0.6 is 0 Å². The summed E-state index contributed by atoms with van der Waals surface area (Å²) in [5.41, 5.74) is 3.28. The second-order valence-electron chi connectivity index (χ2n) is 7.98. The van der Waals surface area contributed by atoms with E-state index in [1.165, 1.54) is 6.07 Å². The third-order valence-corrected chi connectivity index (χ3v) is 5.03. The molecule has 37 heavy (non-hydrogen) atoms. The Bertz CT molecular complexity index is 1320. The molecule has 5 nitrogen and oxygen atoms in total. The van der Waals surface area contributed by atoms with Gasteiger partial charge in [0.1, 0.15) is 30.5 Å². The molecule has 3 aromatic rings. The summed E-state index contributed by atoms with van der Waals surface area (Å²) < 4.78 is 30.2. The summed E-state index contributed by atoms with van der Waals surface area (Å²) in [4.78, 5) is 22.6. The molecule has 0 amide bonds. The fourth-order valence-corrected chi connectivity index (χ4v) is 3.06. The predicted molar refractivity (Wildman–Crippen MR) is 144 cm³/mol. The average Bonchev–Trinajstić information content (AvgIpc) is 2.90. The molecule has 0 saturated heterocycles. The Morgan fingerprint density at radius 2 is 1.38 bits per heavy atom. The molecule has 0 aliphatic rings. The van der Waals surface area contributed by atoms with Gasteiger partial charge in [-0.3, -0.25) is 0 Å². The first-order valence-electron chi connectivity index (χ1n) is 11.5. The van der Waals surface area contributed by atoms with Crippen molar-refractivity contribution in [2.45, 2.75) is 6.92 Å². The molecule has 0 aliphatic carbocycles. The van der Waals surface area contributed by atoms with Crippen molar-refractivity contribution in [2.24, 2.45) is 0 Å². The molecule has 0 spiro atoms. The van der Waals surface area contributed by atoms with Gasteiger partial charge in [0.2, 0.25) is 0 Å². The number of carbonyl (C=O) groups excluding carboxylic acids is 2. The maximum Gasteiger partial charge on any atom is 0.335 e. The van der Waals surface area contributed by atoms with E-state index in [1.54, 1.807) is 61.5 Å². The normalized spacial score (nSPS) is 10.9. The van der Waals surface area contributed by atoms with E-state index in [4.69, 9.17) is 14.2 Å². The molecule has 0 fully saturated rings. The summed E-state index contributed by atoms with van der Waals surface area (Å²) in [7, 11) is 0. The van der Waals surface area contributed by atoms with Crippen molar-refractivity contribution in [3.8, 4) is 11.5 Å². The molecular formula is C31H27FO5. The van der Waals surface area contributed by atoms with E-state index < -0.39 is 11.9 Å². The summed E-state index contributed by atoms with van der Waals surface area (Å²) in [5.74, 6) is -0.240. The van der Waals surface area contributed by atoms with Crippen molar-refractivity contribution in [2.75, 3.05) is 13.2 Å². The van der Waals surface area contributed by atoms with Crippen LogP contribution in [0.4, 0.5) is 4.39 Å². The zero-order valence-corrected chi connectivity index (χ0v) is 20.5. The number of carbonyl (C=O) groups is 2. The minimum atomic E-state index is -0.519. The topological polar surface area (TPSA) is 61.8 Å². The number of hydrogen-bond donors (Lipinski definition) is 0. The molecule has 0 N–H and O–H groups in total. The zero-order valence-electron chi connectivity index (χ0n) is 20.5. The lowest BCUT2D eigenvalue weighted by Crippen LogP contribution is -2.12. The summed E-state index contributed by atoms with van der Waals surface area (Å²) in [6.07, 6.45) is 8.27. The van der Waals surface area contributed by atoms with E-state index in [-0.39, 0.29) is 19.0 Å². The van der Waals surface area contributed by atoms with Crippen LogP contribution in [-0.2, 0) is 14.3 Å². The van der Waals surface area contributed by atoms with E-state index in [0.717, 1.165) is 17.2 Å². The van der Waals surface area contributed by atoms with Crippen molar-refractivity contribution in [1.29, 1.82) is 0 Å². The van der Waals surface area contributed by atoms with Gasteiger partial charge in [-0.1, -0.05) is 73.9 Å². The van der Waals surface area contributed by atoms with Gasteiger partial charge in [-0.25, -0.2) is 14.0 Å². The van der Waals surface area contributed by atoms with Gasteiger partial charge in [0.25, 0.3) is 0 Å². The second kappa shape index (κ2) is 13.4. The summed E-state index contributed by atoms with van der Waals surface area (Å²) in [5, 5.41) is 0. The number of benzene rings is 3. The number of esters is 2. The first-order valence-corrected chi connectivity index (χ1v) is 11.5. The molecule has 0 aromatic heterocycles. The molecular weight excluding hydrogens is 471 g/mol. The highest BCUT2D eigenvalue weighted by Gasteiger charge is 2.03. The van der Waals surface area contributed by atoms with Crippen molar-refractivity contribution in [3.63, 3.8) is 0 Å². The number of hydrogen-bond acceptors (Lipinski definition) is 5. The van der Waals surface area contributed by atoms with E-state index >= 15 is 0 Å². The Labute approximate surface area is 215 Å². The number of rotatable bonds is 11. The standard InChI is InChI=1S/C31H27FO5/c1-4-30(33)37-28-17-11-23(12-18-28)5-6-25-8-14-26(29(32)21-25)13-7-24-9-15-27(16-10-24)35-19-20-36-31(34)22(2)3/h4-18,21H,1-2,19-20H2,3H3.